The largest absolute Gasteiger partial charge is 0.271 e. The molecule has 0 aliphatic carbocycles. The van der Waals surface area contributed by atoms with Crippen molar-refractivity contribution in [3.8, 4) is 0 Å². The molecule has 2 heteroatoms. The molecule has 3 N–H and O–H groups in total. The fraction of sp³-hybridized carbons (Fsp3) is 0.250. The second-order valence-electron chi connectivity index (χ2n) is 4.75. The Labute approximate surface area is 109 Å². The van der Waals surface area contributed by atoms with E-state index < -0.39 is 0 Å². The van der Waals surface area contributed by atoms with Gasteiger partial charge >= 0.3 is 0 Å². The van der Waals surface area contributed by atoms with E-state index in [-0.39, 0.29) is 6.04 Å². The summed E-state index contributed by atoms with van der Waals surface area (Å²) in [5.41, 5.74) is 8.09. The monoisotopic (exact) mass is 240 g/mol. The molecule has 2 aromatic rings. The summed E-state index contributed by atoms with van der Waals surface area (Å²) in [6.45, 7) is 4.28. The number of hydrogen-bond donors (Lipinski definition) is 2. The molecule has 1 atom stereocenters. The highest BCUT2D eigenvalue weighted by Crippen LogP contribution is 2.19. The molecular weight excluding hydrogens is 220 g/mol. The fourth-order valence-corrected chi connectivity index (χ4v) is 2.12. The normalized spacial score (nSPS) is 12.4. The van der Waals surface area contributed by atoms with Gasteiger partial charge in [0, 0.05) is 6.04 Å². The van der Waals surface area contributed by atoms with E-state index in [0.29, 0.717) is 0 Å². The number of hydrazine groups is 1. The van der Waals surface area contributed by atoms with Crippen molar-refractivity contribution in [2.45, 2.75) is 26.3 Å². The Balaban J connectivity index is 2.18. The van der Waals surface area contributed by atoms with E-state index in [9.17, 15) is 0 Å². The average Bonchev–Trinajstić information content (AvgIpc) is 2.41. The van der Waals surface area contributed by atoms with Crippen LogP contribution < -0.4 is 11.3 Å². The number of nitrogens with two attached hydrogens (primary N) is 1. The average molecular weight is 240 g/mol. The highest BCUT2D eigenvalue weighted by Gasteiger charge is 2.10. The summed E-state index contributed by atoms with van der Waals surface area (Å²) in [5.74, 6) is 5.67. The number of hydrogen-bond acceptors (Lipinski definition) is 2. The first-order valence-electron chi connectivity index (χ1n) is 6.28. The number of aryl methyl sites for hydroxylation is 2. The molecule has 2 nitrogen and oxygen atoms in total. The fourth-order valence-electron chi connectivity index (χ4n) is 2.12. The summed E-state index contributed by atoms with van der Waals surface area (Å²) in [6, 6.07) is 17.1. The highest BCUT2D eigenvalue weighted by atomic mass is 15.2. The summed E-state index contributed by atoms with van der Waals surface area (Å²) in [4.78, 5) is 0. The van der Waals surface area contributed by atoms with Gasteiger partial charge < -0.3 is 0 Å². The zero-order chi connectivity index (χ0) is 13.0. The van der Waals surface area contributed by atoms with Crippen LogP contribution in [0.25, 0.3) is 0 Å². The molecule has 94 valence electrons. The maximum Gasteiger partial charge on any atom is 0.0500 e. The predicted octanol–water partition coefficient (Wildman–Crippen LogP) is 3.05. The van der Waals surface area contributed by atoms with Crippen LogP contribution in [0.3, 0.4) is 0 Å². The van der Waals surface area contributed by atoms with E-state index in [0.717, 1.165) is 6.42 Å². The second-order valence-corrected chi connectivity index (χ2v) is 4.75. The van der Waals surface area contributed by atoms with E-state index >= 15 is 0 Å². The maximum absolute atomic E-state index is 5.67. The molecule has 0 bridgehead atoms. The van der Waals surface area contributed by atoms with Gasteiger partial charge in [0.2, 0.25) is 0 Å². The van der Waals surface area contributed by atoms with Gasteiger partial charge in [-0.25, -0.2) is 0 Å². The smallest absolute Gasteiger partial charge is 0.0500 e. The number of benzene rings is 2. The highest BCUT2D eigenvalue weighted by molar-refractivity contribution is 5.31. The molecule has 0 amide bonds. The summed E-state index contributed by atoms with van der Waals surface area (Å²) in [5, 5.41) is 0. The summed E-state index contributed by atoms with van der Waals surface area (Å²) in [7, 11) is 0. The first-order valence-corrected chi connectivity index (χ1v) is 6.28. The van der Waals surface area contributed by atoms with Crippen molar-refractivity contribution in [1.29, 1.82) is 0 Å². The Kier molecular flexibility index (Phi) is 4.13. The van der Waals surface area contributed by atoms with E-state index in [1.165, 1.54) is 22.3 Å². The van der Waals surface area contributed by atoms with Crippen LogP contribution in [0, 0.1) is 13.8 Å². The summed E-state index contributed by atoms with van der Waals surface area (Å²) < 4.78 is 0. The Morgan fingerprint density at radius 1 is 1.00 bits per heavy atom. The van der Waals surface area contributed by atoms with Crippen molar-refractivity contribution < 1.29 is 0 Å². The Morgan fingerprint density at radius 2 is 1.72 bits per heavy atom. The summed E-state index contributed by atoms with van der Waals surface area (Å²) in [6.07, 6.45) is 0.904. The van der Waals surface area contributed by atoms with Gasteiger partial charge in [0.15, 0.2) is 0 Å². The molecule has 0 fully saturated rings. The molecule has 0 saturated heterocycles. The first kappa shape index (κ1) is 12.8. The van der Waals surface area contributed by atoms with Crippen molar-refractivity contribution in [3.63, 3.8) is 0 Å². The lowest BCUT2D eigenvalue weighted by molar-refractivity contribution is 0.552. The Morgan fingerprint density at radius 3 is 2.33 bits per heavy atom. The van der Waals surface area contributed by atoms with Crippen molar-refractivity contribution in [3.05, 3.63) is 70.8 Å². The molecule has 0 aliphatic rings. The van der Waals surface area contributed by atoms with E-state index in [1.54, 1.807) is 0 Å². The predicted molar refractivity (Wildman–Crippen MR) is 76.1 cm³/mol. The van der Waals surface area contributed by atoms with Gasteiger partial charge in [-0.2, -0.15) is 0 Å². The van der Waals surface area contributed by atoms with Crippen molar-refractivity contribution in [2.75, 3.05) is 0 Å². The SMILES string of the molecule is Cc1ccc(CC(NN)c2ccccc2)cc1C. The Bertz CT molecular complexity index is 506. The second kappa shape index (κ2) is 5.80. The minimum absolute atomic E-state index is 0.160. The third kappa shape index (κ3) is 2.97. The third-order valence-electron chi connectivity index (χ3n) is 3.41. The molecule has 0 aromatic heterocycles. The van der Waals surface area contributed by atoms with Crippen LogP contribution in [0.15, 0.2) is 48.5 Å². The zero-order valence-corrected chi connectivity index (χ0v) is 11.0. The van der Waals surface area contributed by atoms with Gasteiger partial charge in [-0.05, 0) is 42.5 Å². The Hall–Kier alpha value is -1.64. The van der Waals surface area contributed by atoms with E-state index in [2.05, 4.69) is 49.6 Å². The van der Waals surface area contributed by atoms with E-state index in [4.69, 9.17) is 5.84 Å². The molecule has 2 rings (SSSR count). The lowest BCUT2D eigenvalue weighted by Crippen LogP contribution is -2.29. The van der Waals surface area contributed by atoms with Crippen LogP contribution in [0.5, 0.6) is 0 Å². The molecule has 0 spiro atoms. The number of nitrogens with one attached hydrogen (secondary N) is 1. The van der Waals surface area contributed by atoms with Gasteiger partial charge in [0.05, 0.1) is 0 Å². The molecule has 0 aliphatic heterocycles. The van der Waals surface area contributed by atoms with Crippen LogP contribution in [0.2, 0.25) is 0 Å². The topological polar surface area (TPSA) is 38.0 Å². The van der Waals surface area contributed by atoms with Crippen molar-refractivity contribution >= 4 is 0 Å². The molecule has 0 radical (unpaired) electrons. The van der Waals surface area contributed by atoms with Crippen LogP contribution in [0.1, 0.15) is 28.3 Å². The van der Waals surface area contributed by atoms with Crippen LogP contribution in [-0.4, -0.2) is 0 Å². The van der Waals surface area contributed by atoms with Crippen LogP contribution in [0.4, 0.5) is 0 Å². The van der Waals surface area contributed by atoms with Gasteiger partial charge in [-0.1, -0.05) is 48.5 Å². The zero-order valence-electron chi connectivity index (χ0n) is 11.0. The number of rotatable bonds is 4. The molecule has 18 heavy (non-hydrogen) atoms. The molecule has 1 unspecified atom stereocenters. The maximum atomic E-state index is 5.67. The molecular formula is C16H20N2. The van der Waals surface area contributed by atoms with Crippen molar-refractivity contribution in [1.82, 2.24) is 5.43 Å². The van der Waals surface area contributed by atoms with Crippen LogP contribution in [-0.2, 0) is 6.42 Å². The lowest BCUT2D eigenvalue weighted by atomic mass is 9.97. The quantitative estimate of drug-likeness (QED) is 0.636. The first-order chi connectivity index (χ1) is 8.70. The van der Waals surface area contributed by atoms with Gasteiger partial charge in [0.1, 0.15) is 0 Å². The molecule has 0 saturated carbocycles. The molecule has 2 aromatic carbocycles. The third-order valence-corrected chi connectivity index (χ3v) is 3.41. The standard InChI is InChI=1S/C16H20N2/c1-12-8-9-14(10-13(12)2)11-16(18-17)15-6-4-3-5-7-15/h3-10,16,18H,11,17H2,1-2H3. The van der Waals surface area contributed by atoms with Crippen LogP contribution >= 0.6 is 0 Å². The van der Waals surface area contributed by atoms with Crippen molar-refractivity contribution in [2.24, 2.45) is 5.84 Å². The minimum atomic E-state index is 0.160. The lowest BCUT2D eigenvalue weighted by Gasteiger charge is -2.17. The van der Waals surface area contributed by atoms with Gasteiger partial charge in [0.25, 0.3) is 0 Å². The van der Waals surface area contributed by atoms with Gasteiger partial charge in [-0.3, -0.25) is 11.3 Å². The summed E-state index contributed by atoms with van der Waals surface area (Å²) >= 11 is 0. The van der Waals surface area contributed by atoms with Gasteiger partial charge in [-0.15, -0.1) is 0 Å². The minimum Gasteiger partial charge on any atom is -0.271 e. The van der Waals surface area contributed by atoms with E-state index in [1.807, 2.05) is 18.2 Å². The molecule has 0 heterocycles.